The summed E-state index contributed by atoms with van der Waals surface area (Å²) >= 11 is 1.39. The lowest BCUT2D eigenvalue weighted by Crippen LogP contribution is -2.27. The fourth-order valence-electron chi connectivity index (χ4n) is 1.23. The first-order valence-electron chi connectivity index (χ1n) is 4.98. The molecule has 0 atom stereocenters. The molecule has 0 fully saturated rings. The molecular formula is C11H9N3O3S. The Morgan fingerprint density at radius 3 is 2.78 bits per heavy atom. The van der Waals surface area contributed by atoms with Gasteiger partial charge in [-0.25, -0.2) is 9.78 Å². The lowest BCUT2D eigenvalue weighted by atomic mass is 10.3. The molecule has 0 saturated heterocycles. The summed E-state index contributed by atoms with van der Waals surface area (Å²) < 4.78 is 0.996. The van der Waals surface area contributed by atoms with Crippen molar-refractivity contribution in [2.75, 3.05) is 5.43 Å². The van der Waals surface area contributed by atoms with Gasteiger partial charge in [-0.3, -0.25) is 15.6 Å². The van der Waals surface area contributed by atoms with Crippen LogP contribution in [0.15, 0.2) is 36.4 Å². The maximum Gasteiger partial charge on any atom is 0.328 e. The quantitative estimate of drug-likeness (QED) is 0.572. The molecule has 0 spiro atoms. The topological polar surface area (TPSA) is 91.3 Å². The number of carbonyl (C=O) groups is 2. The van der Waals surface area contributed by atoms with E-state index in [0.717, 1.165) is 22.4 Å². The second-order valence-electron chi connectivity index (χ2n) is 3.27. The highest BCUT2D eigenvalue weighted by Gasteiger charge is 2.03. The molecule has 0 bridgehead atoms. The Morgan fingerprint density at radius 2 is 2.06 bits per heavy atom. The summed E-state index contributed by atoms with van der Waals surface area (Å²) in [4.78, 5) is 25.6. The minimum atomic E-state index is -1.18. The van der Waals surface area contributed by atoms with E-state index in [4.69, 9.17) is 5.11 Å². The number of fused-ring (bicyclic) bond motifs is 1. The fourth-order valence-corrected chi connectivity index (χ4v) is 2.05. The number of anilines is 1. The Balaban J connectivity index is 1.98. The van der Waals surface area contributed by atoms with Crippen LogP contribution in [0.2, 0.25) is 0 Å². The van der Waals surface area contributed by atoms with Crippen molar-refractivity contribution in [3.63, 3.8) is 0 Å². The van der Waals surface area contributed by atoms with Crippen molar-refractivity contribution >= 4 is 38.6 Å². The van der Waals surface area contributed by atoms with Crippen molar-refractivity contribution in [2.24, 2.45) is 0 Å². The number of benzene rings is 1. The summed E-state index contributed by atoms with van der Waals surface area (Å²) in [5.41, 5.74) is 5.78. The molecule has 6 nitrogen and oxygen atoms in total. The third kappa shape index (κ3) is 3.05. The first-order valence-corrected chi connectivity index (χ1v) is 5.79. The molecule has 0 radical (unpaired) electrons. The number of hydrogen-bond acceptors (Lipinski definition) is 5. The number of carboxylic acid groups (broad SMARTS) is 1. The Kier molecular flexibility index (Phi) is 3.54. The molecule has 2 rings (SSSR count). The molecule has 0 aliphatic heterocycles. The van der Waals surface area contributed by atoms with Gasteiger partial charge in [-0.2, -0.15) is 0 Å². The summed E-state index contributed by atoms with van der Waals surface area (Å²) in [6.45, 7) is 0. The van der Waals surface area contributed by atoms with Gasteiger partial charge in [-0.1, -0.05) is 23.5 Å². The fraction of sp³-hybridized carbons (Fsp3) is 0. The number of carboxylic acids is 1. The number of carbonyl (C=O) groups excluding carboxylic acids is 1. The highest BCUT2D eigenvalue weighted by Crippen LogP contribution is 2.24. The minimum Gasteiger partial charge on any atom is -0.478 e. The standard InChI is InChI=1S/C11H9N3O3S/c15-9(5-6-10(16)17)13-14-11-12-7-3-1-2-4-8(7)18-11/h1-6H,(H,12,14)(H,13,15)(H,16,17). The number of para-hydroxylation sites is 1. The third-order valence-corrected chi connectivity index (χ3v) is 2.92. The highest BCUT2D eigenvalue weighted by molar-refractivity contribution is 7.22. The predicted octanol–water partition coefficient (Wildman–Crippen LogP) is 1.38. The van der Waals surface area contributed by atoms with Crippen LogP contribution in [0.5, 0.6) is 0 Å². The van der Waals surface area contributed by atoms with Crippen molar-refractivity contribution in [1.29, 1.82) is 0 Å². The molecule has 1 heterocycles. The van der Waals surface area contributed by atoms with Crippen LogP contribution in [0.3, 0.4) is 0 Å². The molecule has 1 aromatic carbocycles. The first kappa shape index (κ1) is 12.1. The van der Waals surface area contributed by atoms with Gasteiger partial charge in [0, 0.05) is 12.2 Å². The van der Waals surface area contributed by atoms with Crippen molar-refractivity contribution in [3.05, 3.63) is 36.4 Å². The molecule has 7 heteroatoms. The van der Waals surface area contributed by atoms with Crippen LogP contribution in [0, 0.1) is 0 Å². The van der Waals surface area contributed by atoms with Crippen molar-refractivity contribution in [1.82, 2.24) is 10.4 Å². The maximum atomic E-state index is 11.2. The zero-order valence-electron chi connectivity index (χ0n) is 9.08. The lowest BCUT2D eigenvalue weighted by molar-refractivity contribution is -0.131. The normalized spacial score (nSPS) is 10.7. The van der Waals surface area contributed by atoms with E-state index in [0.29, 0.717) is 5.13 Å². The van der Waals surface area contributed by atoms with Gasteiger partial charge >= 0.3 is 5.97 Å². The van der Waals surface area contributed by atoms with E-state index in [9.17, 15) is 9.59 Å². The maximum absolute atomic E-state index is 11.2. The molecule has 92 valence electrons. The number of nitrogens with zero attached hydrogens (tertiary/aromatic N) is 1. The average Bonchev–Trinajstić information content (AvgIpc) is 2.76. The van der Waals surface area contributed by atoms with Gasteiger partial charge in [-0.05, 0) is 12.1 Å². The second-order valence-corrected chi connectivity index (χ2v) is 4.30. The van der Waals surface area contributed by atoms with Crippen molar-refractivity contribution < 1.29 is 14.7 Å². The number of aromatic nitrogens is 1. The van der Waals surface area contributed by atoms with Crippen LogP contribution in [-0.2, 0) is 9.59 Å². The summed E-state index contributed by atoms with van der Waals surface area (Å²) in [5.74, 6) is -1.73. The molecular weight excluding hydrogens is 254 g/mol. The monoisotopic (exact) mass is 263 g/mol. The zero-order valence-corrected chi connectivity index (χ0v) is 9.90. The SMILES string of the molecule is O=C(O)C=CC(=O)NNc1nc2ccccc2s1. The van der Waals surface area contributed by atoms with E-state index in [1.165, 1.54) is 11.3 Å². The second kappa shape index (κ2) is 5.28. The van der Waals surface area contributed by atoms with Gasteiger partial charge in [-0.15, -0.1) is 0 Å². The van der Waals surface area contributed by atoms with Crippen LogP contribution in [0.4, 0.5) is 5.13 Å². The number of thiazole rings is 1. The average molecular weight is 263 g/mol. The molecule has 3 N–H and O–H groups in total. The number of hydrazine groups is 1. The highest BCUT2D eigenvalue weighted by atomic mass is 32.1. The molecule has 1 amide bonds. The van der Waals surface area contributed by atoms with Crippen molar-refractivity contribution in [3.8, 4) is 0 Å². The molecule has 0 aliphatic carbocycles. The van der Waals surface area contributed by atoms with Gasteiger partial charge in [0.1, 0.15) is 0 Å². The molecule has 1 aromatic heterocycles. The Bertz CT molecular complexity index is 588. The summed E-state index contributed by atoms with van der Waals surface area (Å²) in [7, 11) is 0. The van der Waals surface area contributed by atoms with E-state index in [1.54, 1.807) is 0 Å². The van der Waals surface area contributed by atoms with Gasteiger partial charge in [0.15, 0.2) is 0 Å². The van der Waals surface area contributed by atoms with Crippen LogP contribution >= 0.6 is 11.3 Å². The van der Waals surface area contributed by atoms with E-state index in [2.05, 4.69) is 15.8 Å². The van der Waals surface area contributed by atoms with Crippen LogP contribution in [0.1, 0.15) is 0 Å². The van der Waals surface area contributed by atoms with Crippen LogP contribution < -0.4 is 10.9 Å². The van der Waals surface area contributed by atoms with Crippen molar-refractivity contribution in [2.45, 2.75) is 0 Å². The molecule has 0 saturated carbocycles. The van der Waals surface area contributed by atoms with Crippen LogP contribution in [-0.4, -0.2) is 22.0 Å². The van der Waals surface area contributed by atoms with E-state index < -0.39 is 11.9 Å². The van der Waals surface area contributed by atoms with Gasteiger partial charge in [0.05, 0.1) is 10.2 Å². The first-order chi connectivity index (χ1) is 8.65. The number of aliphatic carboxylic acids is 1. The largest absolute Gasteiger partial charge is 0.478 e. The van der Waals surface area contributed by atoms with Gasteiger partial charge < -0.3 is 5.11 Å². The third-order valence-electron chi connectivity index (χ3n) is 1.96. The van der Waals surface area contributed by atoms with Gasteiger partial charge in [0.2, 0.25) is 5.13 Å². The molecule has 18 heavy (non-hydrogen) atoms. The summed E-state index contributed by atoms with van der Waals surface area (Å²) in [5, 5.41) is 8.88. The minimum absolute atomic E-state index is 0.535. The Labute approximate surface area is 106 Å². The number of nitrogens with one attached hydrogen (secondary N) is 2. The summed E-state index contributed by atoms with van der Waals surface area (Å²) in [6.07, 6.45) is 1.68. The summed E-state index contributed by atoms with van der Waals surface area (Å²) in [6, 6.07) is 7.56. The van der Waals surface area contributed by atoms with E-state index >= 15 is 0 Å². The zero-order chi connectivity index (χ0) is 13.0. The number of hydrogen-bond donors (Lipinski definition) is 3. The Hall–Kier alpha value is -2.41. The van der Waals surface area contributed by atoms with E-state index in [-0.39, 0.29) is 0 Å². The molecule has 0 aliphatic rings. The lowest BCUT2D eigenvalue weighted by Gasteiger charge is -2.00. The molecule has 2 aromatic rings. The van der Waals surface area contributed by atoms with Gasteiger partial charge in [0.25, 0.3) is 5.91 Å². The van der Waals surface area contributed by atoms with Crippen LogP contribution in [0.25, 0.3) is 10.2 Å². The smallest absolute Gasteiger partial charge is 0.328 e. The van der Waals surface area contributed by atoms with E-state index in [1.807, 2.05) is 24.3 Å². The number of amides is 1. The number of rotatable bonds is 4. The Morgan fingerprint density at radius 1 is 1.28 bits per heavy atom. The molecule has 0 unspecified atom stereocenters. The predicted molar refractivity (Wildman–Crippen MR) is 68.2 cm³/mol.